The van der Waals surface area contributed by atoms with Gasteiger partial charge in [0.2, 0.25) is 0 Å². The van der Waals surface area contributed by atoms with Crippen molar-refractivity contribution in [1.82, 2.24) is 4.90 Å². The van der Waals surface area contributed by atoms with Crippen LogP contribution in [0.1, 0.15) is 32.4 Å². The highest BCUT2D eigenvalue weighted by Crippen LogP contribution is 2.22. The molecule has 3 nitrogen and oxygen atoms in total. The largest absolute Gasteiger partial charge is 0.379 e. The molecule has 0 spiro atoms. The van der Waals surface area contributed by atoms with E-state index in [1.165, 1.54) is 0 Å². The molecule has 1 aromatic carbocycles. The van der Waals surface area contributed by atoms with Crippen LogP contribution in [0.15, 0.2) is 30.3 Å². The lowest BCUT2D eigenvalue weighted by atomic mass is 10.0. The molecule has 1 fully saturated rings. The van der Waals surface area contributed by atoms with Crippen molar-refractivity contribution >= 4 is 5.78 Å². The quantitative estimate of drug-likeness (QED) is 0.825. The van der Waals surface area contributed by atoms with Crippen molar-refractivity contribution in [2.24, 2.45) is 0 Å². The van der Waals surface area contributed by atoms with Gasteiger partial charge in [0.15, 0.2) is 5.78 Å². The Morgan fingerprint density at radius 3 is 2.22 bits per heavy atom. The molecule has 3 heteroatoms. The second-order valence-electron chi connectivity index (χ2n) is 4.07. The van der Waals surface area contributed by atoms with Gasteiger partial charge in [-0.3, -0.25) is 9.69 Å². The number of carbonyl (C=O) groups excluding carboxylic acids is 1. The SMILES string of the molecule is CC.CC(=O)C(c1ccccc1)N1CCOCC1. The van der Waals surface area contributed by atoms with Crippen LogP contribution in [0.2, 0.25) is 0 Å². The number of hydrogen-bond donors (Lipinski definition) is 0. The lowest BCUT2D eigenvalue weighted by Gasteiger charge is -2.33. The van der Waals surface area contributed by atoms with Crippen molar-refractivity contribution in [3.8, 4) is 0 Å². The molecule has 0 amide bonds. The average Bonchev–Trinajstić information content (AvgIpc) is 2.43. The van der Waals surface area contributed by atoms with E-state index in [2.05, 4.69) is 4.90 Å². The first-order valence-electron chi connectivity index (χ1n) is 6.66. The van der Waals surface area contributed by atoms with Crippen molar-refractivity contribution in [2.45, 2.75) is 26.8 Å². The first-order chi connectivity index (χ1) is 8.79. The van der Waals surface area contributed by atoms with Gasteiger partial charge in [-0.2, -0.15) is 0 Å². The predicted octanol–water partition coefficient (Wildman–Crippen LogP) is 2.68. The van der Waals surface area contributed by atoms with Gasteiger partial charge in [0.25, 0.3) is 0 Å². The van der Waals surface area contributed by atoms with Crippen molar-refractivity contribution in [2.75, 3.05) is 26.3 Å². The van der Waals surface area contributed by atoms with Crippen LogP contribution in [0.4, 0.5) is 0 Å². The highest BCUT2D eigenvalue weighted by Gasteiger charge is 2.25. The van der Waals surface area contributed by atoms with Gasteiger partial charge < -0.3 is 4.74 Å². The fourth-order valence-corrected chi connectivity index (χ4v) is 2.17. The van der Waals surface area contributed by atoms with E-state index in [4.69, 9.17) is 4.74 Å². The summed E-state index contributed by atoms with van der Waals surface area (Å²) in [6.07, 6.45) is 0. The molecule has 2 rings (SSSR count). The van der Waals surface area contributed by atoms with E-state index in [1.807, 2.05) is 44.2 Å². The van der Waals surface area contributed by atoms with E-state index in [1.54, 1.807) is 6.92 Å². The lowest BCUT2D eigenvalue weighted by molar-refractivity contribution is -0.124. The molecule has 1 unspecified atom stereocenters. The average molecular weight is 249 g/mol. The minimum Gasteiger partial charge on any atom is -0.379 e. The van der Waals surface area contributed by atoms with Crippen LogP contribution in [0.5, 0.6) is 0 Å². The van der Waals surface area contributed by atoms with E-state index in [0.717, 1.165) is 31.9 Å². The molecule has 1 aliphatic rings. The van der Waals surface area contributed by atoms with Gasteiger partial charge in [-0.15, -0.1) is 0 Å². The number of benzene rings is 1. The first kappa shape index (κ1) is 14.9. The van der Waals surface area contributed by atoms with Gasteiger partial charge in [0, 0.05) is 13.1 Å². The molecule has 1 aromatic rings. The number of rotatable bonds is 3. The van der Waals surface area contributed by atoms with Crippen LogP contribution < -0.4 is 0 Å². The molecule has 1 aliphatic heterocycles. The first-order valence-corrected chi connectivity index (χ1v) is 6.66. The van der Waals surface area contributed by atoms with Crippen LogP contribution in [0, 0.1) is 0 Å². The molecule has 18 heavy (non-hydrogen) atoms. The molecule has 0 aliphatic carbocycles. The Morgan fingerprint density at radius 1 is 1.17 bits per heavy atom. The Bertz CT molecular complexity index is 345. The van der Waals surface area contributed by atoms with E-state index in [-0.39, 0.29) is 11.8 Å². The maximum absolute atomic E-state index is 11.8. The molecular formula is C15H23NO2. The van der Waals surface area contributed by atoms with Crippen molar-refractivity contribution in [1.29, 1.82) is 0 Å². The fourth-order valence-electron chi connectivity index (χ4n) is 2.17. The lowest BCUT2D eigenvalue weighted by Crippen LogP contribution is -2.41. The van der Waals surface area contributed by atoms with Crippen molar-refractivity contribution in [3.05, 3.63) is 35.9 Å². The summed E-state index contributed by atoms with van der Waals surface area (Å²) < 4.78 is 5.31. The third-order valence-electron chi connectivity index (χ3n) is 2.91. The van der Waals surface area contributed by atoms with E-state index >= 15 is 0 Å². The Hall–Kier alpha value is -1.19. The molecule has 0 N–H and O–H groups in total. The van der Waals surface area contributed by atoms with Crippen LogP contribution in [0.25, 0.3) is 0 Å². The van der Waals surface area contributed by atoms with Gasteiger partial charge >= 0.3 is 0 Å². The van der Waals surface area contributed by atoms with Crippen molar-refractivity contribution in [3.63, 3.8) is 0 Å². The number of morpholine rings is 1. The van der Waals surface area contributed by atoms with Crippen LogP contribution >= 0.6 is 0 Å². The van der Waals surface area contributed by atoms with Gasteiger partial charge in [0.05, 0.1) is 19.3 Å². The summed E-state index contributed by atoms with van der Waals surface area (Å²) in [6, 6.07) is 9.85. The zero-order valence-corrected chi connectivity index (χ0v) is 11.6. The molecular weight excluding hydrogens is 226 g/mol. The Balaban J connectivity index is 0.000000771. The molecule has 1 atom stereocenters. The summed E-state index contributed by atoms with van der Waals surface area (Å²) in [4.78, 5) is 14.0. The molecule has 0 aromatic heterocycles. The summed E-state index contributed by atoms with van der Waals surface area (Å²) in [5.74, 6) is 0.202. The predicted molar refractivity (Wildman–Crippen MR) is 73.6 cm³/mol. The molecule has 1 saturated heterocycles. The maximum Gasteiger partial charge on any atom is 0.151 e. The molecule has 100 valence electrons. The highest BCUT2D eigenvalue weighted by molar-refractivity contribution is 5.82. The monoisotopic (exact) mass is 249 g/mol. The number of ether oxygens (including phenoxy) is 1. The second-order valence-corrected chi connectivity index (χ2v) is 4.07. The third-order valence-corrected chi connectivity index (χ3v) is 2.91. The van der Waals surface area contributed by atoms with Crippen LogP contribution in [0.3, 0.4) is 0 Å². The zero-order valence-electron chi connectivity index (χ0n) is 11.6. The standard InChI is InChI=1S/C13H17NO2.C2H6/c1-11(15)13(12-5-3-2-4-6-12)14-7-9-16-10-8-14;1-2/h2-6,13H,7-10H2,1H3;1-2H3. The van der Waals surface area contributed by atoms with Crippen LogP contribution in [-0.4, -0.2) is 37.0 Å². The topological polar surface area (TPSA) is 29.5 Å². The van der Waals surface area contributed by atoms with Gasteiger partial charge in [-0.1, -0.05) is 44.2 Å². The smallest absolute Gasteiger partial charge is 0.151 e. The summed E-state index contributed by atoms with van der Waals surface area (Å²) in [5, 5.41) is 0. The Labute approximate surface area is 110 Å². The number of hydrogen-bond acceptors (Lipinski definition) is 3. The molecule has 1 heterocycles. The summed E-state index contributed by atoms with van der Waals surface area (Å²) >= 11 is 0. The minimum atomic E-state index is -0.106. The summed E-state index contributed by atoms with van der Waals surface area (Å²) in [7, 11) is 0. The number of Topliss-reactive ketones (excluding diaryl/α,β-unsaturated/α-hetero) is 1. The highest BCUT2D eigenvalue weighted by atomic mass is 16.5. The Morgan fingerprint density at radius 2 is 1.72 bits per heavy atom. The summed E-state index contributed by atoms with van der Waals surface area (Å²) in [6.45, 7) is 8.76. The van der Waals surface area contributed by atoms with E-state index in [9.17, 15) is 4.79 Å². The van der Waals surface area contributed by atoms with Crippen molar-refractivity contribution < 1.29 is 9.53 Å². The van der Waals surface area contributed by atoms with E-state index in [0.29, 0.717) is 0 Å². The van der Waals surface area contributed by atoms with E-state index < -0.39 is 0 Å². The van der Waals surface area contributed by atoms with Gasteiger partial charge in [-0.05, 0) is 12.5 Å². The Kier molecular flexibility index (Phi) is 6.61. The zero-order chi connectivity index (χ0) is 13.4. The molecule has 0 saturated carbocycles. The fraction of sp³-hybridized carbons (Fsp3) is 0.533. The number of nitrogens with zero attached hydrogens (tertiary/aromatic N) is 1. The molecule has 0 bridgehead atoms. The van der Waals surface area contributed by atoms with Crippen LogP contribution in [-0.2, 0) is 9.53 Å². The second kappa shape index (κ2) is 8.01. The summed E-state index contributed by atoms with van der Waals surface area (Å²) in [5.41, 5.74) is 1.08. The van der Waals surface area contributed by atoms with Gasteiger partial charge in [-0.25, -0.2) is 0 Å². The minimum absolute atomic E-state index is 0.106. The molecule has 0 radical (unpaired) electrons. The van der Waals surface area contributed by atoms with Gasteiger partial charge in [0.1, 0.15) is 0 Å². The number of carbonyl (C=O) groups is 1. The normalized spacial score (nSPS) is 17.5. The third kappa shape index (κ3) is 3.93. The maximum atomic E-state index is 11.8. The number of ketones is 1.